The summed E-state index contributed by atoms with van der Waals surface area (Å²) in [5, 5.41) is 32.6. The maximum absolute atomic E-state index is 14.1. The van der Waals surface area contributed by atoms with Crippen molar-refractivity contribution >= 4 is 25.7 Å². The molecule has 1 aliphatic heterocycles. The lowest BCUT2D eigenvalue weighted by molar-refractivity contribution is -0.171. The number of aromatic amines is 1. The smallest absolute Gasteiger partial charge is 0.348 e. The molecule has 0 amide bonds. The Bertz CT molecular complexity index is 2370. The van der Waals surface area contributed by atoms with Crippen LogP contribution in [0.15, 0.2) is 102 Å². The maximum Gasteiger partial charge on any atom is 0.348 e. The predicted molar refractivity (Wildman–Crippen MR) is 239 cm³/mol. The number of hydrogen-bond acceptors (Lipinski definition) is 9. The summed E-state index contributed by atoms with van der Waals surface area (Å²) < 4.78 is 18.6. The number of H-pyrrole nitrogens is 1. The summed E-state index contributed by atoms with van der Waals surface area (Å²) in [6.07, 6.45) is 3.88. The first kappa shape index (κ1) is 42.7. The first-order valence-electron chi connectivity index (χ1n) is 21.5. The molecule has 321 valence electrons. The van der Waals surface area contributed by atoms with E-state index in [1.807, 2.05) is 24.3 Å². The van der Waals surface area contributed by atoms with Crippen molar-refractivity contribution in [3.8, 4) is 23.0 Å². The second-order valence-corrected chi connectivity index (χ2v) is 21.7. The molecule has 12 heteroatoms. The van der Waals surface area contributed by atoms with Crippen molar-refractivity contribution in [3.05, 3.63) is 130 Å². The highest BCUT2D eigenvalue weighted by molar-refractivity contribution is 6.60. The molecule has 8 rings (SSSR count). The van der Waals surface area contributed by atoms with E-state index in [9.17, 15) is 24.9 Å². The summed E-state index contributed by atoms with van der Waals surface area (Å²) >= 11 is 0. The van der Waals surface area contributed by atoms with Crippen LogP contribution in [0.1, 0.15) is 74.8 Å². The van der Waals surface area contributed by atoms with Crippen LogP contribution in [0.4, 0.5) is 0 Å². The van der Waals surface area contributed by atoms with Crippen LogP contribution in [0, 0.1) is 11.8 Å². The number of pyridine rings is 1. The molecule has 61 heavy (non-hydrogen) atoms. The Morgan fingerprint density at radius 1 is 0.984 bits per heavy atom. The molecule has 5 atom stereocenters. The molecule has 5 N–H and O–H groups in total. The quantitative estimate of drug-likeness (QED) is 0.0424. The average molecular weight is 846 g/mol. The molecule has 5 aromatic rings. The fourth-order valence-electron chi connectivity index (χ4n) is 9.62. The van der Waals surface area contributed by atoms with Crippen LogP contribution in [0.25, 0.3) is 10.9 Å². The average Bonchev–Trinajstić information content (AvgIpc) is 3.79. The van der Waals surface area contributed by atoms with E-state index < -0.39 is 26.5 Å². The molecule has 2 fully saturated rings. The van der Waals surface area contributed by atoms with Crippen molar-refractivity contribution in [2.75, 3.05) is 32.9 Å². The van der Waals surface area contributed by atoms with Crippen molar-refractivity contribution in [3.63, 3.8) is 0 Å². The van der Waals surface area contributed by atoms with Crippen LogP contribution in [0.3, 0.4) is 0 Å². The van der Waals surface area contributed by atoms with Gasteiger partial charge in [-0.05, 0) is 97.9 Å². The second kappa shape index (κ2) is 17.4. The van der Waals surface area contributed by atoms with Gasteiger partial charge in [-0.25, -0.2) is 4.79 Å². The highest BCUT2D eigenvalue weighted by Crippen LogP contribution is 2.51. The summed E-state index contributed by atoms with van der Waals surface area (Å²) in [6.45, 7) is 11.8. The van der Waals surface area contributed by atoms with Crippen molar-refractivity contribution in [2.45, 2.75) is 88.4 Å². The number of aromatic nitrogens is 1. The number of rotatable bonds is 15. The number of nitrogens with one attached hydrogen (secondary N) is 1. The third kappa shape index (κ3) is 8.74. The van der Waals surface area contributed by atoms with E-state index in [4.69, 9.17) is 14.2 Å². The molecule has 4 aromatic carbocycles. The third-order valence-electron chi connectivity index (χ3n) is 13.4. The van der Waals surface area contributed by atoms with Crippen LogP contribution in [-0.2, 0) is 21.7 Å². The summed E-state index contributed by atoms with van der Waals surface area (Å²) in [5.74, 6) is 1.54. The second-order valence-electron chi connectivity index (χ2n) is 18.3. The standard InChI is InChI=1S/C49H58N3O8Si/c1-48(2,3)61(5)30-52(29-41(54)34-21-23-40(53)45-35(34)22-24-44(55)50-45)28-31-15-18-33(19-16-31)58-26-10-25-51(4)39-27-32-17-20-36(39)46(32)60-47(56)49(57)37-11-6-8-13-42(37)59-43-14-9-7-12-38(43)49/h6-9,11-16,18-19,21-24,32,36,39,41,46,53-54,57H,10,17,20,25-30H2,1-5H3,(H,50,55)/p+1. The summed E-state index contributed by atoms with van der Waals surface area (Å²) in [6, 6.07) is 29.3. The Morgan fingerprint density at radius 3 is 2.36 bits per heavy atom. The molecule has 5 unspecified atom stereocenters. The monoisotopic (exact) mass is 845 g/mol. The Labute approximate surface area is 359 Å². The lowest BCUT2D eigenvalue weighted by atomic mass is 9.83. The van der Waals surface area contributed by atoms with Crippen LogP contribution in [0.2, 0.25) is 11.6 Å². The normalized spacial score (nSPS) is 20.8. The number of carbonyl (C=O) groups is 1. The maximum atomic E-state index is 14.1. The zero-order chi connectivity index (χ0) is 43.1. The van der Waals surface area contributed by atoms with Gasteiger partial charge in [-0.2, -0.15) is 0 Å². The summed E-state index contributed by atoms with van der Waals surface area (Å²) in [7, 11) is 1.36. The highest BCUT2D eigenvalue weighted by atomic mass is 28.3. The molecule has 2 heterocycles. The van der Waals surface area contributed by atoms with E-state index in [1.165, 1.54) is 6.07 Å². The molecule has 1 radical (unpaired) electrons. The molecule has 2 saturated carbocycles. The van der Waals surface area contributed by atoms with E-state index in [1.54, 1.807) is 54.6 Å². The minimum Gasteiger partial charge on any atom is -0.506 e. The number of phenols is 1. The van der Waals surface area contributed by atoms with Gasteiger partial charge in [0.05, 0.1) is 27.5 Å². The number of phenolic OH excluding ortho intramolecular Hbond substituents is 1. The molecule has 2 aliphatic carbocycles. The third-order valence-corrected chi connectivity index (χ3v) is 16.9. The number of esters is 1. The Hall–Kier alpha value is -4.98. The van der Waals surface area contributed by atoms with Gasteiger partial charge < -0.3 is 39.4 Å². The fraction of sp³-hybridized carbons (Fsp3) is 0.429. The minimum atomic E-state index is -1.95. The van der Waals surface area contributed by atoms with Gasteiger partial charge in [0.1, 0.15) is 29.1 Å². The zero-order valence-corrected chi connectivity index (χ0v) is 36.8. The number of nitrogens with zero attached hydrogens (tertiary/aromatic N) is 2. The number of aromatic hydroxyl groups is 1. The van der Waals surface area contributed by atoms with E-state index >= 15 is 0 Å². The van der Waals surface area contributed by atoms with Crippen molar-refractivity contribution in [1.29, 1.82) is 0 Å². The number of ether oxygens (including phenoxy) is 3. The van der Waals surface area contributed by atoms with Gasteiger partial charge in [-0.3, -0.25) is 9.69 Å². The van der Waals surface area contributed by atoms with E-state index in [0.717, 1.165) is 55.3 Å². The van der Waals surface area contributed by atoms with Gasteiger partial charge >= 0.3 is 5.97 Å². The van der Waals surface area contributed by atoms with Crippen LogP contribution in [0.5, 0.6) is 23.0 Å². The van der Waals surface area contributed by atoms with Gasteiger partial charge in [-0.1, -0.05) is 75.8 Å². The molecule has 0 saturated heterocycles. The molecule has 3 aliphatic rings. The van der Waals surface area contributed by atoms with E-state index in [2.05, 4.69) is 61.3 Å². The lowest BCUT2D eigenvalue weighted by Crippen LogP contribution is -2.44. The van der Waals surface area contributed by atoms with Gasteiger partial charge in [0.15, 0.2) is 6.10 Å². The van der Waals surface area contributed by atoms with Gasteiger partial charge in [0.25, 0.3) is 0 Å². The number of para-hydroxylation sites is 2. The number of carbonyl (C=O) groups excluding carboxylic acids is 1. The van der Waals surface area contributed by atoms with Gasteiger partial charge in [0.2, 0.25) is 11.2 Å². The molecule has 0 spiro atoms. The molecule has 11 nitrogen and oxygen atoms in total. The van der Waals surface area contributed by atoms with Gasteiger partial charge in [0, 0.05) is 53.2 Å². The van der Waals surface area contributed by atoms with E-state index in [0.29, 0.717) is 53.2 Å². The topological polar surface area (TPSA) is 147 Å². The number of benzene rings is 4. The van der Waals surface area contributed by atoms with Crippen LogP contribution < -0.4 is 15.0 Å². The van der Waals surface area contributed by atoms with E-state index in [-0.39, 0.29) is 40.3 Å². The first-order valence-corrected chi connectivity index (χ1v) is 23.7. The molecular weight excluding hydrogens is 787 g/mol. The Morgan fingerprint density at radius 2 is 1.67 bits per heavy atom. The molecular formula is C49H59N3O8Si+. The minimum absolute atomic E-state index is 0.00263. The SMILES string of the molecule is CN(CCCOc1ccc(CN(CC([OH2+])c2ccc(O)c3[nH]c(=O)ccc23)C[Si](C)C(C)(C)C)cc1)C1CC2CCC1C2OC(=O)C1(O)c2ccccc2Oc2ccccc21. The predicted octanol–water partition coefficient (Wildman–Crippen LogP) is 7.42. The van der Waals surface area contributed by atoms with Gasteiger partial charge in [-0.15, -0.1) is 0 Å². The summed E-state index contributed by atoms with van der Waals surface area (Å²) in [5.41, 5.74) is 0.859. The highest BCUT2D eigenvalue weighted by Gasteiger charge is 2.55. The Kier molecular flexibility index (Phi) is 12.2. The number of fused-ring (bicyclic) bond motifs is 5. The molecule has 1 aromatic heterocycles. The molecule has 2 bridgehead atoms. The van der Waals surface area contributed by atoms with Crippen molar-refractivity contribution in [1.82, 2.24) is 14.8 Å². The van der Waals surface area contributed by atoms with Crippen LogP contribution in [-0.4, -0.2) is 89.9 Å². The largest absolute Gasteiger partial charge is 0.506 e. The first-order chi connectivity index (χ1) is 29.2. The lowest BCUT2D eigenvalue weighted by Gasteiger charge is -2.35. The fourth-order valence-corrected chi connectivity index (χ4v) is 11.0. The Balaban J connectivity index is 0.849. The number of aliphatic hydroxyl groups is 1. The van der Waals surface area contributed by atoms with Crippen molar-refractivity contribution < 1.29 is 34.3 Å². The number of hydrogen-bond donors (Lipinski definition) is 3. The van der Waals surface area contributed by atoms with Crippen LogP contribution >= 0.6 is 0 Å². The van der Waals surface area contributed by atoms with Crippen molar-refractivity contribution in [2.24, 2.45) is 11.8 Å². The summed E-state index contributed by atoms with van der Waals surface area (Å²) in [4.78, 5) is 33.6. The zero-order valence-electron chi connectivity index (χ0n) is 35.8.